The number of anilines is 1. The molecule has 0 aliphatic carbocycles. The van der Waals surface area contributed by atoms with Gasteiger partial charge in [0.25, 0.3) is 5.91 Å². The number of aliphatic hydroxyl groups excluding tert-OH is 1. The number of carbonyl (C=O) groups excluding carboxylic acids is 2. The lowest BCUT2D eigenvalue weighted by atomic mass is 9.99. The number of rotatable bonds is 6. The first-order chi connectivity index (χ1) is 15.4. The molecule has 0 saturated carbocycles. The average molecular weight is 456 g/mol. The van der Waals surface area contributed by atoms with Crippen LogP contribution < -0.4 is 5.32 Å². The number of nitrogens with zero attached hydrogens (tertiary/aromatic N) is 4. The van der Waals surface area contributed by atoms with Crippen molar-refractivity contribution in [1.82, 2.24) is 19.7 Å². The van der Waals surface area contributed by atoms with Gasteiger partial charge in [0.2, 0.25) is 5.91 Å². The van der Waals surface area contributed by atoms with Gasteiger partial charge in [0, 0.05) is 23.3 Å². The number of aliphatic hydroxyl groups is 1. The van der Waals surface area contributed by atoms with E-state index in [0.717, 1.165) is 21.8 Å². The van der Waals surface area contributed by atoms with E-state index in [9.17, 15) is 14.7 Å². The largest absolute Gasteiger partial charge is 0.394 e. The highest BCUT2D eigenvalue weighted by molar-refractivity contribution is 7.09. The van der Waals surface area contributed by atoms with Gasteiger partial charge in [-0.3, -0.25) is 14.3 Å². The lowest BCUT2D eigenvalue weighted by molar-refractivity contribution is -0.161. The van der Waals surface area contributed by atoms with Crippen LogP contribution in [0.1, 0.15) is 38.4 Å². The SMILES string of the molecule is Cc1ncsc1CN1C(=O)COC(c2ccc(NC(=O)c3cc(C)n(C)n3)cc2)C1CO. The van der Waals surface area contributed by atoms with Gasteiger partial charge in [0.15, 0.2) is 5.69 Å². The minimum atomic E-state index is -0.519. The van der Waals surface area contributed by atoms with Crippen LogP contribution >= 0.6 is 11.3 Å². The summed E-state index contributed by atoms with van der Waals surface area (Å²) in [7, 11) is 1.78. The number of aromatic nitrogens is 3. The molecule has 2 unspecified atom stereocenters. The number of morpholine rings is 1. The Kier molecular flexibility index (Phi) is 6.35. The Morgan fingerprint density at radius 2 is 2.06 bits per heavy atom. The molecule has 4 rings (SSSR count). The minimum absolute atomic E-state index is 0.0590. The Bertz CT molecular complexity index is 1100. The highest BCUT2D eigenvalue weighted by Gasteiger charge is 2.37. The Morgan fingerprint density at radius 3 is 2.66 bits per heavy atom. The van der Waals surface area contributed by atoms with Gasteiger partial charge in [-0.1, -0.05) is 12.1 Å². The Hall–Kier alpha value is -3.08. The molecule has 1 aliphatic rings. The summed E-state index contributed by atoms with van der Waals surface area (Å²) in [5, 5.41) is 17.1. The van der Waals surface area contributed by atoms with Crippen LogP contribution in [0.3, 0.4) is 0 Å². The van der Waals surface area contributed by atoms with Crippen LogP contribution in [0.2, 0.25) is 0 Å². The van der Waals surface area contributed by atoms with E-state index in [4.69, 9.17) is 4.74 Å². The third kappa shape index (κ3) is 4.43. The van der Waals surface area contributed by atoms with Crippen molar-refractivity contribution in [2.45, 2.75) is 32.5 Å². The molecule has 1 aliphatic heterocycles. The van der Waals surface area contributed by atoms with Crippen molar-refractivity contribution in [3.63, 3.8) is 0 Å². The number of amides is 2. The molecule has 2 amide bonds. The summed E-state index contributed by atoms with van der Waals surface area (Å²) in [5.41, 5.74) is 5.30. The Labute approximate surface area is 189 Å². The molecule has 9 nitrogen and oxygen atoms in total. The normalized spacial score (nSPS) is 18.8. The number of hydrogen-bond acceptors (Lipinski definition) is 7. The van der Waals surface area contributed by atoms with Crippen molar-refractivity contribution in [3.05, 3.63) is 63.4 Å². The minimum Gasteiger partial charge on any atom is -0.394 e. The number of hydrogen-bond donors (Lipinski definition) is 2. The number of nitrogens with one attached hydrogen (secondary N) is 1. The summed E-state index contributed by atoms with van der Waals surface area (Å²) in [4.78, 5) is 31.9. The Morgan fingerprint density at radius 1 is 1.31 bits per heavy atom. The quantitative estimate of drug-likeness (QED) is 0.590. The van der Waals surface area contributed by atoms with Crippen LogP contribution in [0.15, 0.2) is 35.8 Å². The molecular weight excluding hydrogens is 430 g/mol. The van der Waals surface area contributed by atoms with E-state index in [2.05, 4.69) is 15.4 Å². The smallest absolute Gasteiger partial charge is 0.276 e. The maximum absolute atomic E-state index is 12.5. The van der Waals surface area contributed by atoms with Crippen LogP contribution in [0, 0.1) is 13.8 Å². The summed E-state index contributed by atoms with van der Waals surface area (Å²) in [6.45, 7) is 3.88. The van der Waals surface area contributed by atoms with Gasteiger partial charge in [0.05, 0.1) is 30.4 Å². The molecule has 2 aromatic heterocycles. The molecule has 1 aromatic carbocycles. The zero-order valence-electron chi connectivity index (χ0n) is 18.1. The fourth-order valence-corrected chi connectivity index (χ4v) is 4.45. The molecule has 168 valence electrons. The van der Waals surface area contributed by atoms with Gasteiger partial charge in [-0.05, 0) is 37.6 Å². The summed E-state index contributed by atoms with van der Waals surface area (Å²) in [6, 6.07) is 8.41. The molecule has 0 spiro atoms. The fourth-order valence-electron chi connectivity index (χ4n) is 3.68. The van der Waals surface area contributed by atoms with Gasteiger partial charge in [0.1, 0.15) is 12.7 Å². The number of aryl methyl sites for hydroxylation is 3. The molecule has 10 heteroatoms. The maximum Gasteiger partial charge on any atom is 0.276 e. The van der Waals surface area contributed by atoms with Crippen LogP contribution in [0.4, 0.5) is 5.69 Å². The molecule has 2 N–H and O–H groups in total. The number of thiazole rings is 1. The van der Waals surface area contributed by atoms with Crippen LogP contribution in [-0.2, 0) is 23.1 Å². The van der Waals surface area contributed by atoms with Crippen LogP contribution in [-0.4, -0.2) is 55.8 Å². The molecule has 0 radical (unpaired) electrons. The molecule has 0 bridgehead atoms. The van der Waals surface area contributed by atoms with Gasteiger partial charge in [-0.25, -0.2) is 4.98 Å². The van der Waals surface area contributed by atoms with E-state index >= 15 is 0 Å². The number of carbonyl (C=O) groups is 2. The maximum atomic E-state index is 12.5. The topological polar surface area (TPSA) is 110 Å². The van der Waals surface area contributed by atoms with Crippen molar-refractivity contribution in [2.75, 3.05) is 18.5 Å². The summed E-state index contributed by atoms with van der Waals surface area (Å²) in [5.74, 6) is -0.456. The standard InChI is InChI=1S/C22H25N5O4S/c1-13-8-17(25-26(13)3)22(30)24-16-6-4-15(5-7-16)21-18(10-28)27(20(29)11-31-21)9-19-14(2)23-12-32-19/h4-8,12,18,21,28H,9-11H2,1-3H3,(H,24,30). The molecule has 1 saturated heterocycles. The van der Waals surface area contributed by atoms with Crippen molar-refractivity contribution in [1.29, 1.82) is 0 Å². The molecule has 3 heterocycles. The van der Waals surface area contributed by atoms with Gasteiger partial charge in [-0.2, -0.15) is 5.10 Å². The predicted molar refractivity (Wildman–Crippen MR) is 119 cm³/mol. The third-order valence-electron chi connectivity index (χ3n) is 5.65. The van der Waals surface area contributed by atoms with E-state index in [1.807, 2.05) is 26.0 Å². The number of ether oxygens (including phenoxy) is 1. The van der Waals surface area contributed by atoms with Crippen molar-refractivity contribution in [3.8, 4) is 0 Å². The second-order valence-corrected chi connectivity index (χ2v) is 8.67. The van der Waals surface area contributed by atoms with E-state index in [-0.39, 0.29) is 25.0 Å². The van der Waals surface area contributed by atoms with Crippen molar-refractivity contribution in [2.24, 2.45) is 7.05 Å². The van der Waals surface area contributed by atoms with Crippen LogP contribution in [0.5, 0.6) is 0 Å². The van der Waals surface area contributed by atoms with Gasteiger partial charge < -0.3 is 20.1 Å². The van der Waals surface area contributed by atoms with Gasteiger partial charge >= 0.3 is 0 Å². The molecule has 2 atom stereocenters. The van der Waals surface area contributed by atoms with Crippen LogP contribution in [0.25, 0.3) is 0 Å². The first-order valence-corrected chi connectivity index (χ1v) is 11.1. The first-order valence-electron chi connectivity index (χ1n) is 10.2. The molecule has 32 heavy (non-hydrogen) atoms. The van der Waals surface area contributed by atoms with Crippen molar-refractivity contribution >= 4 is 28.8 Å². The highest BCUT2D eigenvalue weighted by Crippen LogP contribution is 2.31. The average Bonchev–Trinajstić information content (AvgIpc) is 3.34. The van der Waals surface area contributed by atoms with E-state index < -0.39 is 12.1 Å². The molecular formula is C22H25N5O4S. The Balaban J connectivity index is 1.49. The van der Waals surface area contributed by atoms with E-state index in [1.165, 1.54) is 11.3 Å². The number of benzene rings is 1. The lowest BCUT2D eigenvalue weighted by Crippen LogP contribution is -2.52. The monoisotopic (exact) mass is 455 g/mol. The first kappa shape index (κ1) is 22.1. The second kappa shape index (κ2) is 9.19. The summed E-state index contributed by atoms with van der Waals surface area (Å²) in [6.07, 6.45) is -0.478. The summed E-state index contributed by atoms with van der Waals surface area (Å²) >= 11 is 1.49. The third-order valence-corrected chi connectivity index (χ3v) is 6.57. The molecule has 1 fully saturated rings. The molecule has 3 aromatic rings. The lowest BCUT2D eigenvalue weighted by Gasteiger charge is -2.40. The zero-order valence-corrected chi connectivity index (χ0v) is 18.9. The fraction of sp³-hybridized carbons (Fsp3) is 0.364. The summed E-state index contributed by atoms with van der Waals surface area (Å²) < 4.78 is 7.45. The zero-order chi connectivity index (χ0) is 22.8. The second-order valence-electron chi connectivity index (χ2n) is 7.73. The van der Waals surface area contributed by atoms with E-state index in [1.54, 1.807) is 40.3 Å². The van der Waals surface area contributed by atoms with E-state index in [0.29, 0.717) is 17.9 Å². The predicted octanol–water partition coefficient (Wildman–Crippen LogP) is 2.21. The highest BCUT2D eigenvalue weighted by atomic mass is 32.1. The van der Waals surface area contributed by atoms with Gasteiger partial charge in [-0.15, -0.1) is 11.3 Å². The van der Waals surface area contributed by atoms with Crippen molar-refractivity contribution < 1.29 is 19.4 Å².